The average Bonchev–Trinajstić information content (AvgIpc) is 2.96. The van der Waals surface area contributed by atoms with Gasteiger partial charge in [0.1, 0.15) is 17.2 Å². The Morgan fingerprint density at radius 1 is 1.43 bits per heavy atom. The average molecular weight is 392 g/mol. The quantitative estimate of drug-likeness (QED) is 0.540. The third kappa shape index (κ3) is 2.72. The zero-order valence-corrected chi connectivity index (χ0v) is 14.1. The summed E-state index contributed by atoms with van der Waals surface area (Å²) >= 11 is 11.2. The van der Waals surface area contributed by atoms with Gasteiger partial charge >= 0.3 is 0 Å². The first kappa shape index (κ1) is 14.9. The number of imidazole rings is 1. The van der Waals surface area contributed by atoms with Gasteiger partial charge in [-0.05, 0) is 40.4 Å². The molecule has 0 aliphatic carbocycles. The molecule has 0 fully saturated rings. The summed E-state index contributed by atoms with van der Waals surface area (Å²) in [6.07, 6.45) is 0. The van der Waals surface area contributed by atoms with E-state index in [2.05, 4.69) is 20.9 Å². The Bertz CT molecular complexity index is 813. The van der Waals surface area contributed by atoms with Crippen LogP contribution in [-0.2, 0) is 6.54 Å². The molecular formula is C14H10BrClF2N2S. The van der Waals surface area contributed by atoms with E-state index in [9.17, 15) is 8.78 Å². The standard InChI is InChI=1S/C14H10BrClF2N2S/c1-7(16)14-19-13-10(18)4-8(17)5-11(13)20(14)6-12-9(15)2-3-21-12/h2-5,7H,6H2,1H3. The van der Waals surface area contributed by atoms with Gasteiger partial charge in [0.15, 0.2) is 5.82 Å². The second-order valence-corrected chi connectivity index (χ2v) is 7.13. The van der Waals surface area contributed by atoms with Crippen LogP contribution in [0.3, 0.4) is 0 Å². The summed E-state index contributed by atoms with van der Waals surface area (Å²) in [5.74, 6) is -0.774. The van der Waals surface area contributed by atoms with Crippen LogP contribution in [0.15, 0.2) is 28.1 Å². The van der Waals surface area contributed by atoms with E-state index in [0.717, 1.165) is 15.4 Å². The third-order valence-electron chi connectivity index (χ3n) is 3.15. The molecule has 1 unspecified atom stereocenters. The fourth-order valence-corrected chi connectivity index (χ4v) is 3.85. The van der Waals surface area contributed by atoms with E-state index in [1.54, 1.807) is 22.8 Å². The molecule has 7 heteroatoms. The van der Waals surface area contributed by atoms with Crippen LogP contribution in [0.4, 0.5) is 8.78 Å². The van der Waals surface area contributed by atoms with Gasteiger partial charge in [0.25, 0.3) is 0 Å². The van der Waals surface area contributed by atoms with Crippen LogP contribution in [0.25, 0.3) is 11.0 Å². The maximum atomic E-state index is 13.9. The number of hydrogen-bond donors (Lipinski definition) is 0. The van der Waals surface area contributed by atoms with E-state index < -0.39 is 17.0 Å². The van der Waals surface area contributed by atoms with E-state index in [1.807, 2.05) is 11.4 Å². The van der Waals surface area contributed by atoms with Gasteiger partial charge in [0, 0.05) is 15.4 Å². The molecule has 0 bridgehead atoms. The van der Waals surface area contributed by atoms with Crippen molar-refractivity contribution in [3.05, 3.63) is 50.4 Å². The molecule has 3 aromatic rings. The molecule has 0 amide bonds. The van der Waals surface area contributed by atoms with Crippen molar-refractivity contribution in [2.24, 2.45) is 0 Å². The summed E-state index contributed by atoms with van der Waals surface area (Å²) < 4.78 is 30.1. The zero-order valence-electron chi connectivity index (χ0n) is 10.9. The minimum absolute atomic E-state index is 0.145. The van der Waals surface area contributed by atoms with E-state index >= 15 is 0 Å². The lowest BCUT2D eigenvalue weighted by atomic mass is 10.3. The van der Waals surface area contributed by atoms with Crippen molar-refractivity contribution in [1.29, 1.82) is 0 Å². The number of halogens is 4. The Morgan fingerprint density at radius 2 is 2.19 bits per heavy atom. The van der Waals surface area contributed by atoms with Crippen LogP contribution < -0.4 is 0 Å². The largest absolute Gasteiger partial charge is 0.321 e. The highest BCUT2D eigenvalue weighted by Gasteiger charge is 2.19. The molecule has 0 saturated heterocycles. The molecule has 110 valence electrons. The molecule has 0 saturated carbocycles. The summed E-state index contributed by atoms with van der Waals surface area (Å²) in [7, 11) is 0. The van der Waals surface area contributed by atoms with E-state index in [4.69, 9.17) is 11.6 Å². The Balaban J connectivity index is 2.23. The fourth-order valence-electron chi connectivity index (χ4n) is 2.22. The van der Waals surface area contributed by atoms with Crippen LogP contribution >= 0.6 is 38.9 Å². The Hall–Kier alpha value is -0.980. The SMILES string of the molecule is CC(Cl)c1nc2c(F)cc(F)cc2n1Cc1sccc1Br. The minimum atomic E-state index is -0.674. The highest BCUT2D eigenvalue weighted by molar-refractivity contribution is 9.10. The van der Waals surface area contributed by atoms with Gasteiger partial charge in [0.05, 0.1) is 17.4 Å². The molecule has 0 aliphatic heterocycles. The van der Waals surface area contributed by atoms with Gasteiger partial charge in [-0.2, -0.15) is 0 Å². The summed E-state index contributed by atoms with van der Waals surface area (Å²) in [6.45, 7) is 2.22. The highest BCUT2D eigenvalue weighted by Crippen LogP contribution is 2.30. The third-order valence-corrected chi connectivity index (χ3v) is 5.26. The predicted molar refractivity (Wildman–Crippen MR) is 85.0 cm³/mol. The van der Waals surface area contributed by atoms with E-state index in [0.29, 0.717) is 17.9 Å². The normalized spacial score (nSPS) is 13.0. The van der Waals surface area contributed by atoms with Gasteiger partial charge in [-0.3, -0.25) is 0 Å². The lowest BCUT2D eigenvalue weighted by Crippen LogP contribution is -2.05. The molecule has 1 aromatic carbocycles. The molecule has 0 spiro atoms. The van der Waals surface area contributed by atoms with Crippen LogP contribution in [0.2, 0.25) is 0 Å². The number of thiophene rings is 1. The first-order valence-corrected chi connectivity index (χ1v) is 8.29. The zero-order chi connectivity index (χ0) is 15.1. The Morgan fingerprint density at radius 3 is 2.81 bits per heavy atom. The maximum Gasteiger partial charge on any atom is 0.153 e. The van der Waals surface area contributed by atoms with Crippen molar-refractivity contribution >= 4 is 49.9 Å². The summed E-state index contributed by atoms with van der Waals surface area (Å²) in [4.78, 5) is 5.28. The number of aromatic nitrogens is 2. The van der Waals surface area contributed by atoms with Gasteiger partial charge < -0.3 is 4.57 Å². The molecule has 2 heterocycles. The number of rotatable bonds is 3. The summed E-state index contributed by atoms with van der Waals surface area (Å²) in [5.41, 5.74) is 0.557. The Labute approximate surface area is 137 Å². The van der Waals surface area contributed by atoms with E-state index in [1.165, 1.54) is 6.07 Å². The van der Waals surface area contributed by atoms with Gasteiger partial charge in [-0.15, -0.1) is 22.9 Å². The summed E-state index contributed by atoms with van der Waals surface area (Å²) in [5, 5.41) is 1.54. The Kier molecular flexibility index (Phi) is 4.03. The number of nitrogens with zero attached hydrogens (tertiary/aromatic N) is 2. The number of hydrogen-bond acceptors (Lipinski definition) is 2. The monoisotopic (exact) mass is 390 g/mol. The molecule has 1 atom stereocenters. The number of alkyl halides is 1. The molecule has 0 N–H and O–H groups in total. The van der Waals surface area contributed by atoms with Crippen molar-refractivity contribution in [3.63, 3.8) is 0 Å². The second kappa shape index (κ2) is 5.66. The molecular weight excluding hydrogens is 382 g/mol. The topological polar surface area (TPSA) is 17.8 Å². The number of fused-ring (bicyclic) bond motifs is 1. The van der Waals surface area contributed by atoms with Gasteiger partial charge in [-0.25, -0.2) is 13.8 Å². The summed E-state index contributed by atoms with van der Waals surface area (Å²) in [6, 6.07) is 4.06. The van der Waals surface area contributed by atoms with Crippen LogP contribution in [0.1, 0.15) is 23.0 Å². The first-order chi connectivity index (χ1) is 9.97. The number of benzene rings is 1. The molecule has 3 rings (SSSR count). The van der Waals surface area contributed by atoms with Gasteiger partial charge in [-0.1, -0.05) is 0 Å². The van der Waals surface area contributed by atoms with E-state index in [-0.39, 0.29) is 5.52 Å². The van der Waals surface area contributed by atoms with Crippen molar-refractivity contribution in [3.8, 4) is 0 Å². The molecule has 2 aromatic heterocycles. The van der Waals surface area contributed by atoms with Crippen LogP contribution in [0.5, 0.6) is 0 Å². The second-order valence-electron chi connectivity index (χ2n) is 4.62. The molecule has 0 aliphatic rings. The minimum Gasteiger partial charge on any atom is -0.321 e. The fraction of sp³-hybridized carbons (Fsp3) is 0.214. The lowest BCUT2D eigenvalue weighted by Gasteiger charge is -2.10. The lowest BCUT2D eigenvalue weighted by molar-refractivity contribution is 0.590. The van der Waals surface area contributed by atoms with Crippen molar-refractivity contribution < 1.29 is 8.78 Å². The van der Waals surface area contributed by atoms with Crippen molar-refractivity contribution in [1.82, 2.24) is 9.55 Å². The predicted octanol–water partition coefficient (Wildman–Crippen LogP) is 5.49. The van der Waals surface area contributed by atoms with Crippen molar-refractivity contribution in [2.45, 2.75) is 18.8 Å². The van der Waals surface area contributed by atoms with Crippen LogP contribution in [0, 0.1) is 11.6 Å². The smallest absolute Gasteiger partial charge is 0.153 e. The van der Waals surface area contributed by atoms with Crippen LogP contribution in [-0.4, -0.2) is 9.55 Å². The molecule has 21 heavy (non-hydrogen) atoms. The van der Waals surface area contributed by atoms with Crippen molar-refractivity contribution in [2.75, 3.05) is 0 Å². The molecule has 2 nitrogen and oxygen atoms in total. The van der Waals surface area contributed by atoms with Gasteiger partial charge in [0.2, 0.25) is 0 Å². The maximum absolute atomic E-state index is 13.9. The molecule has 0 radical (unpaired) electrons. The highest BCUT2D eigenvalue weighted by atomic mass is 79.9. The first-order valence-electron chi connectivity index (χ1n) is 6.18.